The molecule has 1 aromatic carbocycles. The van der Waals surface area contributed by atoms with E-state index in [0.29, 0.717) is 13.0 Å². The van der Waals surface area contributed by atoms with Gasteiger partial charge in [0, 0.05) is 30.7 Å². The molecule has 1 aromatic rings. The predicted molar refractivity (Wildman–Crippen MR) is 96.5 cm³/mol. The van der Waals surface area contributed by atoms with Crippen LogP contribution in [0.15, 0.2) is 22.7 Å². The Kier molecular flexibility index (Phi) is 4.71. The summed E-state index contributed by atoms with van der Waals surface area (Å²) in [4.78, 5) is 27.8. The first-order valence-electron chi connectivity index (χ1n) is 8.23. The van der Waals surface area contributed by atoms with Crippen molar-refractivity contribution in [2.75, 3.05) is 36.4 Å². The number of nitrogens with zero attached hydrogens (tertiary/aromatic N) is 2. The van der Waals surface area contributed by atoms with E-state index in [2.05, 4.69) is 26.1 Å². The van der Waals surface area contributed by atoms with Crippen molar-refractivity contribution in [3.63, 3.8) is 0 Å². The Bertz CT molecular complexity index is 660. The number of halogens is 1. The first-order valence-corrected chi connectivity index (χ1v) is 9.02. The highest BCUT2D eigenvalue weighted by Gasteiger charge is 2.42. The Labute approximate surface area is 149 Å². The van der Waals surface area contributed by atoms with Crippen LogP contribution in [0.5, 0.6) is 0 Å². The Morgan fingerprint density at radius 1 is 1.25 bits per heavy atom. The molecule has 2 aliphatic rings. The van der Waals surface area contributed by atoms with E-state index in [-0.39, 0.29) is 12.6 Å². The maximum atomic E-state index is 12.6. The number of nitrogens with one attached hydrogen (secondary N) is 1. The third-order valence-electron chi connectivity index (χ3n) is 4.92. The van der Waals surface area contributed by atoms with E-state index in [1.54, 1.807) is 11.8 Å². The zero-order valence-electron chi connectivity index (χ0n) is 13.7. The average Bonchev–Trinajstić information content (AvgIpc) is 3.18. The number of carboxylic acids is 1. The zero-order valence-corrected chi connectivity index (χ0v) is 15.3. The zero-order chi connectivity index (χ0) is 17.3. The first-order chi connectivity index (χ1) is 11.4. The second-order valence-corrected chi connectivity index (χ2v) is 7.74. The highest BCUT2D eigenvalue weighted by molar-refractivity contribution is 9.10. The number of anilines is 2. The molecular weight excluding hydrogens is 374 g/mol. The number of carboxylic acid groups (broad SMARTS) is 1. The van der Waals surface area contributed by atoms with Crippen molar-refractivity contribution in [3.05, 3.63) is 22.7 Å². The molecule has 3 rings (SSSR count). The highest BCUT2D eigenvalue weighted by Crippen LogP contribution is 2.34. The number of rotatable bonds is 3. The van der Waals surface area contributed by atoms with Crippen molar-refractivity contribution in [1.29, 1.82) is 0 Å². The molecule has 0 radical (unpaired) electrons. The molecule has 2 N–H and O–H groups in total. The van der Waals surface area contributed by atoms with Crippen LogP contribution in [0.25, 0.3) is 0 Å². The van der Waals surface area contributed by atoms with Crippen LogP contribution in [-0.2, 0) is 4.79 Å². The molecule has 0 aliphatic carbocycles. The maximum absolute atomic E-state index is 12.6. The Hall–Kier alpha value is -1.76. The lowest BCUT2D eigenvalue weighted by Crippen LogP contribution is -2.37. The molecule has 2 aliphatic heterocycles. The van der Waals surface area contributed by atoms with Gasteiger partial charge in [-0.05, 0) is 44.4 Å². The van der Waals surface area contributed by atoms with E-state index in [1.807, 2.05) is 18.2 Å². The summed E-state index contributed by atoms with van der Waals surface area (Å²) in [7, 11) is 0. The number of hydrogen-bond acceptors (Lipinski definition) is 3. The van der Waals surface area contributed by atoms with Gasteiger partial charge in [-0.1, -0.05) is 15.9 Å². The number of hydrogen-bond donors (Lipinski definition) is 2. The Balaban J connectivity index is 1.75. The summed E-state index contributed by atoms with van der Waals surface area (Å²) in [6.45, 7) is 4.37. The monoisotopic (exact) mass is 395 g/mol. The molecule has 0 saturated carbocycles. The van der Waals surface area contributed by atoms with Gasteiger partial charge in [0.15, 0.2) is 0 Å². The summed E-state index contributed by atoms with van der Waals surface area (Å²) >= 11 is 3.45. The van der Waals surface area contributed by atoms with E-state index >= 15 is 0 Å². The number of carbonyl (C=O) groups is 2. The molecule has 24 heavy (non-hydrogen) atoms. The molecule has 7 heteroatoms. The minimum atomic E-state index is -0.855. The minimum Gasteiger partial charge on any atom is -0.481 e. The van der Waals surface area contributed by atoms with Crippen LogP contribution in [-0.4, -0.2) is 48.2 Å². The standard InChI is InChI=1S/C17H22BrN3O3/c1-17(15(22)23)6-9-21(11-17)16(24)19-13-10-12(18)4-5-14(13)20-7-2-3-8-20/h4-5,10H,2-3,6-9,11H2,1H3,(H,19,24)(H,22,23). The summed E-state index contributed by atoms with van der Waals surface area (Å²) in [6.07, 6.45) is 2.80. The normalized spacial score (nSPS) is 23.6. The van der Waals surface area contributed by atoms with Crippen molar-refractivity contribution in [3.8, 4) is 0 Å². The molecule has 0 spiro atoms. The van der Waals surface area contributed by atoms with Crippen molar-refractivity contribution < 1.29 is 14.7 Å². The largest absolute Gasteiger partial charge is 0.481 e. The number of aliphatic carboxylic acids is 1. The van der Waals surface area contributed by atoms with Gasteiger partial charge in [-0.3, -0.25) is 4.79 Å². The molecule has 2 heterocycles. The van der Waals surface area contributed by atoms with E-state index in [9.17, 15) is 14.7 Å². The fourth-order valence-corrected chi connectivity index (χ4v) is 3.71. The van der Waals surface area contributed by atoms with Gasteiger partial charge in [-0.2, -0.15) is 0 Å². The van der Waals surface area contributed by atoms with Crippen molar-refractivity contribution in [1.82, 2.24) is 4.90 Å². The van der Waals surface area contributed by atoms with E-state index in [0.717, 1.165) is 41.8 Å². The van der Waals surface area contributed by atoms with Crippen LogP contribution in [0.4, 0.5) is 16.2 Å². The second-order valence-electron chi connectivity index (χ2n) is 6.82. The topological polar surface area (TPSA) is 72.9 Å². The van der Waals surface area contributed by atoms with E-state index in [1.165, 1.54) is 0 Å². The van der Waals surface area contributed by atoms with Crippen molar-refractivity contribution in [2.24, 2.45) is 5.41 Å². The van der Waals surface area contributed by atoms with Gasteiger partial charge in [-0.25, -0.2) is 4.79 Å². The average molecular weight is 396 g/mol. The van der Waals surface area contributed by atoms with Gasteiger partial charge >= 0.3 is 12.0 Å². The van der Waals surface area contributed by atoms with Gasteiger partial charge in [0.1, 0.15) is 0 Å². The van der Waals surface area contributed by atoms with Gasteiger partial charge in [0.05, 0.1) is 16.8 Å². The summed E-state index contributed by atoms with van der Waals surface area (Å²) in [5, 5.41) is 12.3. The van der Waals surface area contributed by atoms with Crippen LogP contribution >= 0.6 is 15.9 Å². The number of benzene rings is 1. The second kappa shape index (κ2) is 6.63. The number of amides is 2. The summed E-state index contributed by atoms with van der Waals surface area (Å²) in [5.74, 6) is -0.849. The molecule has 130 valence electrons. The number of carbonyl (C=O) groups excluding carboxylic acids is 1. The van der Waals surface area contributed by atoms with Crippen molar-refractivity contribution >= 4 is 39.3 Å². The van der Waals surface area contributed by atoms with E-state index in [4.69, 9.17) is 0 Å². The third-order valence-corrected chi connectivity index (χ3v) is 5.42. The van der Waals surface area contributed by atoms with Crippen molar-refractivity contribution in [2.45, 2.75) is 26.2 Å². The molecule has 2 saturated heterocycles. The van der Waals surface area contributed by atoms with Crippen LogP contribution in [0, 0.1) is 5.41 Å². The number of urea groups is 1. The molecule has 0 aromatic heterocycles. The fraction of sp³-hybridized carbons (Fsp3) is 0.529. The molecule has 1 atom stereocenters. The van der Waals surface area contributed by atoms with E-state index < -0.39 is 11.4 Å². The molecule has 2 fully saturated rings. The lowest BCUT2D eigenvalue weighted by Gasteiger charge is -2.24. The quantitative estimate of drug-likeness (QED) is 0.822. The van der Waals surface area contributed by atoms with Crippen LogP contribution < -0.4 is 10.2 Å². The molecule has 1 unspecified atom stereocenters. The van der Waals surface area contributed by atoms with Gasteiger partial charge in [0.2, 0.25) is 0 Å². The molecule has 2 amide bonds. The maximum Gasteiger partial charge on any atom is 0.321 e. The lowest BCUT2D eigenvalue weighted by atomic mass is 9.90. The van der Waals surface area contributed by atoms with Gasteiger partial charge < -0.3 is 20.2 Å². The first kappa shape index (κ1) is 17.1. The smallest absolute Gasteiger partial charge is 0.321 e. The van der Waals surface area contributed by atoms with Crippen LogP contribution in [0.2, 0.25) is 0 Å². The third kappa shape index (κ3) is 3.36. The SMILES string of the molecule is CC1(C(=O)O)CCN(C(=O)Nc2cc(Br)ccc2N2CCCC2)C1. The molecule has 0 bridgehead atoms. The summed E-state index contributed by atoms with van der Waals surface area (Å²) in [6, 6.07) is 5.65. The Morgan fingerprint density at radius 2 is 1.96 bits per heavy atom. The lowest BCUT2D eigenvalue weighted by molar-refractivity contribution is -0.146. The van der Waals surface area contributed by atoms with Crippen LogP contribution in [0.1, 0.15) is 26.2 Å². The molecular formula is C17H22BrN3O3. The highest BCUT2D eigenvalue weighted by atomic mass is 79.9. The predicted octanol–water partition coefficient (Wildman–Crippen LogP) is 3.38. The van der Waals surface area contributed by atoms with Gasteiger partial charge in [-0.15, -0.1) is 0 Å². The summed E-state index contributed by atoms with van der Waals surface area (Å²) in [5.41, 5.74) is 0.927. The number of likely N-dealkylation sites (tertiary alicyclic amines) is 1. The minimum absolute atomic E-state index is 0.237. The Morgan fingerprint density at radius 3 is 2.58 bits per heavy atom. The van der Waals surface area contributed by atoms with Crippen LogP contribution in [0.3, 0.4) is 0 Å². The summed E-state index contributed by atoms with van der Waals surface area (Å²) < 4.78 is 0.901. The van der Waals surface area contributed by atoms with Gasteiger partial charge in [0.25, 0.3) is 0 Å². The molecule has 6 nitrogen and oxygen atoms in total. The fourth-order valence-electron chi connectivity index (χ4n) is 3.35.